The highest BCUT2D eigenvalue weighted by Gasteiger charge is 2.26. The molecule has 0 aromatic rings. The summed E-state index contributed by atoms with van der Waals surface area (Å²) in [6.45, 7) is 4.53. The van der Waals surface area contributed by atoms with E-state index in [0.717, 1.165) is 18.8 Å². The van der Waals surface area contributed by atoms with Crippen LogP contribution >= 0.6 is 0 Å². The summed E-state index contributed by atoms with van der Waals surface area (Å²) in [6, 6.07) is 0. The van der Waals surface area contributed by atoms with E-state index in [2.05, 4.69) is 6.92 Å². The molecule has 3 heteroatoms. The summed E-state index contributed by atoms with van der Waals surface area (Å²) in [5.41, 5.74) is 0. The van der Waals surface area contributed by atoms with Crippen molar-refractivity contribution in [2.75, 3.05) is 13.2 Å². The number of rotatable bonds is 4. The summed E-state index contributed by atoms with van der Waals surface area (Å²) in [7, 11) is 0. The molecule has 1 saturated carbocycles. The largest absolute Gasteiger partial charge is 0.464 e. The molecule has 0 atom stereocenters. The average molecular weight is 172 g/mol. The fourth-order valence-electron chi connectivity index (χ4n) is 1.35. The molecular formula is C9H16O3. The van der Waals surface area contributed by atoms with Gasteiger partial charge in [-0.05, 0) is 25.7 Å². The van der Waals surface area contributed by atoms with E-state index in [1.165, 1.54) is 0 Å². The molecule has 70 valence electrons. The zero-order chi connectivity index (χ0) is 8.97. The van der Waals surface area contributed by atoms with Crippen molar-refractivity contribution in [3.05, 3.63) is 0 Å². The van der Waals surface area contributed by atoms with Crippen LogP contribution in [0.4, 0.5) is 0 Å². The minimum atomic E-state index is -0.253. The van der Waals surface area contributed by atoms with Gasteiger partial charge >= 0.3 is 5.97 Å². The van der Waals surface area contributed by atoms with Gasteiger partial charge in [-0.25, -0.2) is 4.79 Å². The topological polar surface area (TPSA) is 35.5 Å². The van der Waals surface area contributed by atoms with E-state index in [0.29, 0.717) is 12.7 Å². The van der Waals surface area contributed by atoms with Gasteiger partial charge in [0.25, 0.3) is 0 Å². The van der Waals surface area contributed by atoms with Crippen LogP contribution in [0.1, 0.15) is 26.7 Å². The molecule has 1 aliphatic carbocycles. The Morgan fingerprint density at radius 2 is 2.17 bits per heavy atom. The van der Waals surface area contributed by atoms with Crippen molar-refractivity contribution in [2.24, 2.45) is 5.92 Å². The van der Waals surface area contributed by atoms with Crippen LogP contribution in [0.5, 0.6) is 0 Å². The van der Waals surface area contributed by atoms with Gasteiger partial charge in [-0.1, -0.05) is 6.92 Å². The summed E-state index contributed by atoms with van der Waals surface area (Å²) in [4.78, 5) is 10.8. The maximum absolute atomic E-state index is 10.8. The summed E-state index contributed by atoms with van der Waals surface area (Å²) in [6.07, 6.45) is 2.46. The Morgan fingerprint density at radius 1 is 1.50 bits per heavy atom. The number of hydrogen-bond donors (Lipinski definition) is 0. The lowest BCUT2D eigenvalue weighted by molar-refractivity contribution is -0.153. The molecule has 0 amide bonds. The number of carbonyl (C=O) groups is 1. The van der Waals surface area contributed by atoms with E-state index in [-0.39, 0.29) is 12.6 Å². The standard InChI is InChI=1S/C9H16O3/c1-3-11-9(10)6-12-8-4-7(2)5-8/h7-8H,3-6H2,1-2H3. The Kier molecular flexibility index (Phi) is 3.53. The highest BCUT2D eigenvalue weighted by Crippen LogP contribution is 2.28. The molecule has 0 aromatic heterocycles. The highest BCUT2D eigenvalue weighted by molar-refractivity contribution is 5.70. The molecule has 0 spiro atoms. The van der Waals surface area contributed by atoms with Crippen molar-refractivity contribution in [1.82, 2.24) is 0 Å². The number of esters is 1. The summed E-state index contributed by atoms with van der Waals surface area (Å²) < 4.78 is 10.0. The number of hydrogen-bond acceptors (Lipinski definition) is 3. The van der Waals surface area contributed by atoms with Crippen molar-refractivity contribution < 1.29 is 14.3 Å². The maximum atomic E-state index is 10.8. The third-order valence-corrected chi connectivity index (χ3v) is 2.07. The SMILES string of the molecule is CCOC(=O)COC1CC(C)C1. The van der Waals surface area contributed by atoms with Gasteiger partial charge in [-0.15, -0.1) is 0 Å². The fourth-order valence-corrected chi connectivity index (χ4v) is 1.35. The van der Waals surface area contributed by atoms with Gasteiger partial charge in [-0.2, -0.15) is 0 Å². The lowest BCUT2D eigenvalue weighted by atomic mass is 9.84. The Labute approximate surface area is 73.0 Å². The van der Waals surface area contributed by atoms with Crippen LogP contribution < -0.4 is 0 Å². The highest BCUT2D eigenvalue weighted by atomic mass is 16.6. The smallest absolute Gasteiger partial charge is 0.332 e. The van der Waals surface area contributed by atoms with Gasteiger partial charge in [0, 0.05) is 0 Å². The quantitative estimate of drug-likeness (QED) is 0.601. The first kappa shape index (κ1) is 9.52. The van der Waals surface area contributed by atoms with Crippen LogP contribution in [0.25, 0.3) is 0 Å². The maximum Gasteiger partial charge on any atom is 0.332 e. The third-order valence-electron chi connectivity index (χ3n) is 2.07. The average Bonchev–Trinajstić information content (AvgIpc) is 1.96. The summed E-state index contributed by atoms with van der Waals surface area (Å²) >= 11 is 0. The second-order valence-electron chi connectivity index (χ2n) is 3.31. The van der Waals surface area contributed by atoms with E-state index in [1.807, 2.05) is 0 Å². The van der Waals surface area contributed by atoms with E-state index < -0.39 is 0 Å². The van der Waals surface area contributed by atoms with Crippen molar-refractivity contribution in [1.29, 1.82) is 0 Å². The van der Waals surface area contributed by atoms with Gasteiger partial charge < -0.3 is 9.47 Å². The molecule has 0 aliphatic heterocycles. The molecule has 1 rings (SSSR count). The Hall–Kier alpha value is -0.570. The van der Waals surface area contributed by atoms with Crippen LogP contribution in [0.3, 0.4) is 0 Å². The molecule has 0 aromatic carbocycles. The molecule has 1 fully saturated rings. The van der Waals surface area contributed by atoms with Gasteiger partial charge in [-0.3, -0.25) is 0 Å². The second kappa shape index (κ2) is 4.45. The fraction of sp³-hybridized carbons (Fsp3) is 0.889. The van der Waals surface area contributed by atoms with Crippen molar-refractivity contribution in [3.8, 4) is 0 Å². The first-order valence-corrected chi connectivity index (χ1v) is 4.49. The van der Waals surface area contributed by atoms with Crippen LogP contribution in [-0.4, -0.2) is 25.3 Å². The molecule has 3 nitrogen and oxygen atoms in total. The Balaban J connectivity index is 1.98. The van der Waals surface area contributed by atoms with Crippen molar-refractivity contribution in [3.63, 3.8) is 0 Å². The predicted octanol–water partition coefficient (Wildman–Crippen LogP) is 1.36. The van der Waals surface area contributed by atoms with E-state index in [4.69, 9.17) is 9.47 Å². The molecule has 0 unspecified atom stereocenters. The minimum Gasteiger partial charge on any atom is -0.464 e. The van der Waals surface area contributed by atoms with Gasteiger partial charge in [0.15, 0.2) is 0 Å². The molecule has 12 heavy (non-hydrogen) atoms. The van der Waals surface area contributed by atoms with Gasteiger partial charge in [0.1, 0.15) is 6.61 Å². The number of carbonyl (C=O) groups excluding carboxylic acids is 1. The normalized spacial score (nSPS) is 27.8. The lowest BCUT2D eigenvalue weighted by Crippen LogP contribution is -2.31. The summed E-state index contributed by atoms with van der Waals surface area (Å²) in [5, 5.41) is 0. The monoisotopic (exact) mass is 172 g/mol. The molecule has 1 aliphatic rings. The zero-order valence-corrected chi connectivity index (χ0v) is 7.71. The molecular weight excluding hydrogens is 156 g/mol. The molecule has 0 heterocycles. The lowest BCUT2D eigenvalue weighted by Gasteiger charge is -2.31. The summed E-state index contributed by atoms with van der Waals surface area (Å²) in [5.74, 6) is 0.509. The van der Waals surface area contributed by atoms with E-state index in [9.17, 15) is 4.79 Å². The zero-order valence-electron chi connectivity index (χ0n) is 7.71. The molecule has 0 bridgehead atoms. The third kappa shape index (κ3) is 2.81. The van der Waals surface area contributed by atoms with E-state index in [1.54, 1.807) is 6.92 Å². The van der Waals surface area contributed by atoms with Gasteiger partial charge in [0.2, 0.25) is 0 Å². The van der Waals surface area contributed by atoms with Gasteiger partial charge in [0.05, 0.1) is 12.7 Å². The van der Waals surface area contributed by atoms with Crippen molar-refractivity contribution in [2.45, 2.75) is 32.8 Å². The molecule has 0 N–H and O–H groups in total. The number of ether oxygens (including phenoxy) is 2. The van der Waals surface area contributed by atoms with E-state index >= 15 is 0 Å². The predicted molar refractivity (Wildman–Crippen MR) is 44.8 cm³/mol. The van der Waals surface area contributed by atoms with Crippen molar-refractivity contribution >= 4 is 5.97 Å². The second-order valence-corrected chi connectivity index (χ2v) is 3.31. The first-order chi connectivity index (χ1) is 5.72. The van der Waals surface area contributed by atoms with Crippen LogP contribution in [0.15, 0.2) is 0 Å². The molecule has 0 saturated heterocycles. The van der Waals surface area contributed by atoms with Crippen LogP contribution in [0, 0.1) is 5.92 Å². The first-order valence-electron chi connectivity index (χ1n) is 4.49. The van der Waals surface area contributed by atoms with Crippen LogP contribution in [0.2, 0.25) is 0 Å². The Morgan fingerprint density at radius 3 is 2.67 bits per heavy atom. The Bertz CT molecular complexity index is 150. The van der Waals surface area contributed by atoms with Crippen LogP contribution in [-0.2, 0) is 14.3 Å². The minimum absolute atomic E-state index is 0.116. The molecule has 0 radical (unpaired) electrons.